The van der Waals surface area contributed by atoms with Crippen molar-refractivity contribution in [2.45, 2.75) is 19.8 Å². The highest BCUT2D eigenvalue weighted by Gasteiger charge is 1.98. The summed E-state index contributed by atoms with van der Waals surface area (Å²) in [7, 11) is 0. The highest BCUT2D eigenvalue weighted by atomic mass is 16.3. The van der Waals surface area contributed by atoms with Crippen molar-refractivity contribution < 1.29 is 5.11 Å². The van der Waals surface area contributed by atoms with Crippen LogP contribution < -0.4 is 10.6 Å². The first-order valence-electron chi connectivity index (χ1n) is 5.14. The summed E-state index contributed by atoms with van der Waals surface area (Å²) < 4.78 is 0. The van der Waals surface area contributed by atoms with Crippen LogP contribution in [0.1, 0.15) is 19.8 Å². The summed E-state index contributed by atoms with van der Waals surface area (Å²) in [6.45, 7) is 3.49. The topological polar surface area (TPSA) is 83.0 Å². The van der Waals surface area contributed by atoms with E-state index in [4.69, 9.17) is 5.11 Å². The summed E-state index contributed by atoms with van der Waals surface area (Å²) in [5.74, 6) is 1.05. The van der Waals surface area contributed by atoms with Crippen LogP contribution in [0, 0.1) is 0 Å². The number of aromatic nitrogens is 3. The number of rotatable bonds is 7. The maximum Gasteiger partial charge on any atom is 0.227 e. The SMILES string of the molecule is CCCCNc1ncnc(NCCO)n1. The fourth-order valence-electron chi connectivity index (χ4n) is 1.01. The van der Waals surface area contributed by atoms with Crippen LogP contribution >= 0.6 is 0 Å². The van der Waals surface area contributed by atoms with Crippen LogP contribution in [-0.2, 0) is 0 Å². The number of anilines is 2. The van der Waals surface area contributed by atoms with Crippen LogP contribution in [0.3, 0.4) is 0 Å². The molecule has 0 spiro atoms. The Kier molecular flexibility index (Phi) is 5.39. The molecule has 1 aromatic rings. The van der Waals surface area contributed by atoms with Gasteiger partial charge in [-0.05, 0) is 6.42 Å². The van der Waals surface area contributed by atoms with E-state index < -0.39 is 0 Å². The van der Waals surface area contributed by atoms with E-state index in [1.165, 1.54) is 6.33 Å². The third-order valence-electron chi connectivity index (χ3n) is 1.78. The van der Waals surface area contributed by atoms with Crippen molar-refractivity contribution in [2.75, 3.05) is 30.3 Å². The smallest absolute Gasteiger partial charge is 0.227 e. The lowest BCUT2D eigenvalue weighted by Crippen LogP contribution is -2.11. The van der Waals surface area contributed by atoms with Crippen LogP contribution in [0.2, 0.25) is 0 Å². The van der Waals surface area contributed by atoms with E-state index in [0.717, 1.165) is 19.4 Å². The molecule has 6 heteroatoms. The second-order valence-electron chi connectivity index (χ2n) is 3.06. The maximum atomic E-state index is 8.62. The van der Waals surface area contributed by atoms with Gasteiger partial charge in [0, 0.05) is 13.1 Å². The number of hydrogen-bond donors (Lipinski definition) is 3. The maximum absolute atomic E-state index is 8.62. The van der Waals surface area contributed by atoms with Gasteiger partial charge in [-0.1, -0.05) is 13.3 Å². The first-order valence-corrected chi connectivity index (χ1v) is 5.14. The summed E-state index contributed by atoms with van der Waals surface area (Å²) in [6.07, 6.45) is 3.67. The van der Waals surface area contributed by atoms with Gasteiger partial charge in [-0.3, -0.25) is 0 Å². The second-order valence-corrected chi connectivity index (χ2v) is 3.06. The first kappa shape index (κ1) is 11.6. The van der Waals surface area contributed by atoms with Crippen LogP contribution in [0.5, 0.6) is 0 Å². The number of hydrogen-bond acceptors (Lipinski definition) is 6. The molecule has 1 rings (SSSR count). The van der Waals surface area contributed by atoms with E-state index in [2.05, 4.69) is 32.5 Å². The average molecular weight is 211 g/mol. The van der Waals surface area contributed by atoms with Gasteiger partial charge in [0.05, 0.1) is 6.61 Å². The van der Waals surface area contributed by atoms with Gasteiger partial charge < -0.3 is 15.7 Å². The number of unbranched alkanes of at least 4 members (excludes halogenated alkanes) is 1. The zero-order valence-electron chi connectivity index (χ0n) is 8.90. The van der Waals surface area contributed by atoms with Crippen molar-refractivity contribution in [3.63, 3.8) is 0 Å². The predicted octanol–water partition coefficient (Wildman–Crippen LogP) is 0.488. The zero-order chi connectivity index (χ0) is 10.9. The Balaban J connectivity index is 2.42. The minimum atomic E-state index is 0.0598. The molecule has 0 atom stereocenters. The van der Waals surface area contributed by atoms with Gasteiger partial charge >= 0.3 is 0 Å². The van der Waals surface area contributed by atoms with Crippen molar-refractivity contribution in [2.24, 2.45) is 0 Å². The van der Waals surface area contributed by atoms with E-state index in [0.29, 0.717) is 18.4 Å². The largest absolute Gasteiger partial charge is 0.395 e. The fourth-order valence-corrected chi connectivity index (χ4v) is 1.01. The van der Waals surface area contributed by atoms with Crippen LogP contribution in [0.4, 0.5) is 11.9 Å². The molecule has 1 heterocycles. The molecule has 0 radical (unpaired) electrons. The molecule has 84 valence electrons. The molecule has 0 saturated carbocycles. The molecule has 0 saturated heterocycles. The van der Waals surface area contributed by atoms with Crippen LogP contribution in [-0.4, -0.2) is 39.8 Å². The van der Waals surface area contributed by atoms with Crippen LogP contribution in [0.15, 0.2) is 6.33 Å². The monoisotopic (exact) mass is 211 g/mol. The van der Waals surface area contributed by atoms with Gasteiger partial charge in [0.15, 0.2) is 0 Å². The normalized spacial score (nSPS) is 10.0. The van der Waals surface area contributed by atoms with E-state index in [1.54, 1.807) is 0 Å². The van der Waals surface area contributed by atoms with Gasteiger partial charge in [0.2, 0.25) is 11.9 Å². The molecule has 15 heavy (non-hydrogen) atoms. The summed E-state index contributed by atoms with van der Waals surface area (Å²) in [5, 5.41) is 14.6. The van der Waals surface area contributed by atoms with E-state index in [-0.39, 0.29) is 6.61 Å². The van der Waals surface area contributed by atoms with Crippen molar-refractivity contribution in [3.05, 3.63) is 6.33 Å². The second kappa shape index (κ2) is 6.94. The third-order valence-corrected chi connectivity index (χ3v) is 1.78. The highest BCUT2D eigenvalue weighted by Crippen LogP contribution is 2.01. The van der Waals surface area contributed by atoms with E-state index in [9.17, 15) is 0 Å². The molecule has 0 unspecified atom stereocenters. The Morgan fingerprint density at radius 3 is 2.47 bits per heavy atom. The Morgan fingerprint density at radius 2 is 1.87 bits per heavy atom. The summed E-state index contributed by atoms with van der Waals surface area (Å²) in [6, 6.07) is 0. The van der Waals surface area contributed by atoms with Gasteiger partial charge in [-0.2, -0.15) is 4.98 Å². The lowest BCUT2D eigenvalue weighted by atomic mass is 10.3. The molecule has 0 amide bonds. The molecule has 1 aromatic heterocycles. The van der Waals surface area contributed by atoms with E-state index in [1.807, 2.05) is 0 Å². The Labute approximate surface area is 89.2 Å². The zero-order valence-corrected chi connectivity index (χ0v) is 8.90. The number of aliphatic hydroxyl groups is 1. The summed E-state index contributed by atoms with van der Waals surface area (Å²) in [5.41, 5.74) is 0. The molecule has 0 fully saturated rings. The van der Waals surface area contributed by atoms with Crippen molar-refractivity contribution in [1.82, 2.24) is 15.0 Å². The minimum Gasteiger partial charge on any atom is -0.395 e. The summed E-state index contributed by atoms with van der Waals surface area (Å²) >= 11 is 0. The molecule has 0 aliphatic carbocycles. The molecular formula is C9H17N5O. The van der Waals surface area contributed by atoms with Gasteiger partial charge in [-0.15, -0.1) is 0 Å². The Bertz CT molecular complexity index is 281. The lowest BCUT2D eigenvalue weighted by Gasteiger charge is -2.05. The molecule has 0 aliphatic heterocycles. The van der Waals surface area contributed by atoms with Gasteiger partial charge in [-0.25, -0.2) is 9.97 Å². The summed E-state index contributed by atoms with van der Waals surface area (Å²) in [4.78, 5) is 12.0. The van der Waals surface area contributed by atoms with Crippen molar-refractivity contribution in [1.29, 1.82) is 0 Å². The number of nitrogens with zero attached hydrogens (tertiary/aromatic N) is 3. The molecular weight excluding hydrogens is 194 g/mol. The molecule has 0 aliphatic rings. The highest BCUT2D eigenvalue weighted by molar-refractivity contribution is 5.32. The number of nitrogens with one attached hydrogen (secondary N) is 2. The first-order chi connectivity index (χ1) is 7.36. The average Bonchev–Trinajstić information content (AvgIpc) is 2.27. The Morgan fingerprint density at radius 1 is 1.20 bits per heavy atom. The molecule has 0 aromatic carbocycles. The lowest BCUT2D eigenvalue weighted by molar-refractivity contribution is 0.311. The Hall–Kier alpha value is -1.43. The van der Waals surface area contributed by atoms with Crippen molar-refractivity contribution in [3.8, 4) is 0 Å². The van der Waals surface area contributed by atoms with Gasteiger partial charge in [0.25, 0.3) is 0 Å². The molecule has 6 nitrogen and oxygen atoms in total. The molecule has 0 bridgehead atoms. The van der Waals surface area contributed by atoms with E-state index >= 15 is 0 Å². The number of aliphatic hydroxyl groups excluding tert-OH is 1. The van der Waals surface area contributed by atoms with Crippen LogP contribution in [0.25, 0.3) is 0 Å². The van der Waals surface area contributed by atoms with Crippen molar-refractivity contribution >= 4 is 11.9 Å². The quantitative estimate of drug-likeness (QED) is 0.569. The third kappa shape index (κ3) is 4.55. The predicted molar refractivity (Wildman–Crippen MR) is 58.8 cm³/mol. The molecule has 3 N–H and O–H groups in total. The fraction of sp³-hybridized carbons (Fsp3) is 0.667. The van der Waals surface area contributed by atoms with Gasteiger partial charge in [0.1, 0.15) is 6.33 Å². The minimum absolute atomic E-state index is 0.0598. The standard InChI is InChI=1S/C9H17N5O/c1-2-3-4-10-8-12-7-13-9(14-8)11-5-6-15/h7,15H,2-6H2,1H3,(H2,10,11,12,13,14).